The fourth-order valence-electron chi connectivity index (χ4n) is 2.76. The van der Waals surface area contributed by atoms with Crippen LogP contribution in [-0.4, -0.2) is 26.6 Å². The Morgan fingerprint density at radius 1 is 1.15 bits per heavy atom. The maximum atomic E-state index is 13.8. The van der Waals surface area contributed by atoms with E-state index in [0.29, 0.717) is 5.82 Å². The van der Waals surface area contributed by atoms with Crippen molar-refractivity contribution >= 4 is 23.5 Å². The van der Waals surface area contributed by atoms with Gasteiger partial charge in [0.1, 0.15) is 11.9 Å². The smallest absolute Gasteiger partial charge is 0.250 e. The number of nitrogens with zero attached hydrogens (tertiary/aromatic N) is 3. The molecule has 3 aromatic rings. The van der Waals surface area contributed by atoms with Gasteiger partial charge in [0.05, 0.1) is 12.1 Å². The fourth-order valence-corrected chi connectivity index (χ4v) is 2.76. The Bertz CT molecular complexity index is 986. The van der Waals surface area contributed by atoms with E-state index in [2.05, 4.69) is 20.7 Å². The van der Waals surface area contributed by atoms with E-state index in [4.69, 9.17) is 0 Å². The lowest BCUT2D eigenvalue weighted by Gasteiger charge is -2.22. The van der Waals surface area contributed by atoms with E-state index in [1.165, 1.54) is 22.9 Å². The molecule has 130 valence electrons. The van der Waals surface area contributed by atoms with Crippen LogP contribution in [0, 0.1) is 5.82 Å². The average Bonchev–Trinajstić information content (AvgIpc) is 3.07. The lowest BCUT2D eigenvalue weighted by molar-refractivity contribution is -0.125. The van der Waals surface area contributed by atoms with Gasteiger partial charge in [0, 0.05) is 5.56 Å². The van der Waals surface area contributed by atoms with Gasteiger partial charge in [-0.05, 0) is 12.1 Å². The Morgan fingerprint density at radius 2 is 1.88 bits per heavy atom. The third kappa shape index (κ3) is 2.92. The van der Waals surface area contributed by atoms with E-state index in [0.717, 1.165) is 5.56 Å². The number of hydrogen-bond acceptors (Lipinski definition) is 4. The van der Waals surface area contributed by atoms with Crippen molar-refractivity contribution in [1.82, 2.24) is 14.8 Å². The zero-order chi connectivity index (χ0) is 18.1. The molecular weight excluding hydrogens is 337 g/mol. The van der Waals surface area contributed by atoms with E-state index >= 15 is 0 Å². The summed E-state index contributed by atoms with van der Waals surface area (Å²) in [5.74, 6) is -0.848. The van der Waals surface area contributed by atoms with Crippen LogP contribution < -0.4 is 10.6 Å². The minimum absolute atomic E-state index is 0.0495. The molecule has 1 aliphatic rings. The lowest BCUT2D eigenvalue weighted by Crippen LogP contribution is -2.36. The quantitative estimate of drug-likeness (QED) is 0.759. The number of anilines is 2. The number of fused-ring (bicyclic) bond motifs is 1. The number of carbonyl (C=O) groups excluding carboxylic acids is 2. The molecule has 2 aromatic carbocycles. The van der Waals surface area contributed by atoms with Crippen LogP contribution in [0.1, 0.15) is 12.5 Å². The zero-order valence-electron chi connectivity index (χ0n) is 13.5. The second-order valence-electron chi connectivity index (χ2n) is 5.81. The number of hydrogen-bond donors (Lipinski definition) is 2. The number of carbonyl (C=O) groups is 2. The zero-order valence-corrected chi connectivity index (χ0v) is 13.5. The predicted molar refractivity (Wildman–Crippen MR) is 92.8 cm³/mol. The molecule has 2 heterocycles. The molecule has 4 rings (SSSR count). The van der Waals surface area contributed by atoms with Crippen molar-refractivity contribution in [3.05, 3.63) is 60.4 Å². The Hall–Kier alpha value is -3.55. The molecule has 2 N–H and O–H groups in total. The topological polar surface area (TPSA) is 88.9 Å². The summed E-state index contributed by atoms with van der Waals surface area (Å²) < 4.78 is 15.1. The summed E-state index contributed by atoms with van der Waals surface area (Å²) in [6.07, 6.45) is -0.106. The Kier molecular flexibility index (Phi) is 3.92. The summed E-state index contributed by atoms with van der Waals surface area (Å²) >= 11 is 0. The number of rotatable bonds is 3. The highest BCUT2D eigenvalue weighted by molar-refractivity contribution is 6.00. The number of benzene rings is 2. The highest BCUT2D eigenvalue weighted by Gasteiger charge is 2.33. The van der Waals surface area contributed by atoms with Gasteiger partial charge in [-0.1, -0.05) is 42.5 Å². The van der Waals surface area contributed by atoms with Gasteiger partial charge in [0.25, 0.3) is 0 Å². The Morgan fingerprint density at radius 3 is 2.65 bits per heavy atom. The van der Waals surface area contributed by atoms with Gasteiger partial charge in [-0.15, -0.1) is 5.10 Å². The third-order valence-electron chi connectivity index (χ3n) is 4.02. The van der Waals surface area contributed by atoms with Gasteiger partial charge in [-0.2, -0.15) is 4.98 Å². The predicted octanol–water partition coefficient (Wildman–Crippen LogP) is 2.61. The fraction of sp³-hybridized carbons (Fsp3) is 0.111. The number of nitrogens with one attached hydrogen (secondary N) is 2. The standard InChI is InChI=1S/C18H14FN5O2/c19-12-8-4-5-9-13(12)20-17(26)14-10-15(25)21-18-22-16(23-24(14)18)11-6-2-1-3-7-11/h1-9,14H,10H2,(H,20,26)(H,21,22,23,25)/t14-/m0/s1. The molecule has 8 heteroatoms. The Balaban J connectivity index is 1.66. The minimum Gasteiger partial charge on any atom is -0.322 e. The lowest BCUT2D eigenvalue weighted by atomic mass is 10.1. The maximum absolute atomic E-state index is 13.8. The second-order valence-corrected chi connectivity index (χ2v) is 5.81. The van der Waals surface area contributed by atoms with Crippen molar-refractivity contribution in [2.75, 3.05) is 10.6 Å². The van der Waals surface area contributed by atoms with Crippen LogP contribution in [-0.2, 0) is 9.59 Å². The van der Waals surface area contributed by atoms with Crippen LogP contribution in [0.2, 0.25) is 0 Å². The van der Waals surface area contributed by atoms with Gasteiger partial charge in [0.2, 0.25) is 17.8 Å². The summed E-state index contributed by atoms with van der Waals surface area (Å²) in [6.45, 7) is 0. The van der Waals surface area contributed by atoms with Gasteiger partial charge in [0.15, 0.2) is 5.82 Å². The molecule has 0 saturated heterocycles. The van der Waals surface area contributed by atoms with Crippen molar-refractivity contribution in [2.45, 2.75) is 12.5 Å². The van der Waals surface area contributed by atoms with Crippen LogP contribution in [0.4, 0.5) is 16.0 Å². The molecule has 0 radical (unpaired) electrons. The molecule has 2 amide bonds. The second kappa shape index (κ2) is 6.40. The normalized spacial score (nSPS) is 15.9. The summed E-state index contributed by atoms with van der Waals surface area (Å²) in [6, 6.07) is 14.1. The number of para-hydroxylation sites is 1. The van der Waals surface area contributed by atoms with E-state index in [1.54, 1.807) is 6.07 Å². The van der Waals surface area contributed by atoms with E-state index in [9.17, 15) is 14.0 Å². The highest BCUT2D eigenvalue weighted by Crippen LogP contribution is 2.27. The molecule has 1 aromatic heterocycles. The summed E-state index contributed by atoms with van der Waals surface area (Å²) in [5, 5.41) is 9.47. The molecule has 1 atom stereocenters. The van der Waals surface area contributed by atoms with E-state index in [-0.39, 0.29) is 24.0 Å². The van der Waals surface area contributed by atoms with Gasteiger partial charge < -0.3 is 5.32 Å². The largest absolute Gasteiger partial charge is 0.322 e. The summed E-state index contributed by atoms with van der Waals surface area (Å²) in [5.41, 5.74) is 0.811. The first-order valence-electron chi connectivity index (χ1n) is 7.99. The number of halogens is 1. The molecule has 1 aliphatic heterocycles. The number of amides is 2. The van der Waals surface area contributed by atoms with Crippen LogP contribution in [0.15, 0.2) is 54.6 Å². The summed E-state index contributed by atoms with van der Waals surface area (Å²) in [4.78, 5) is 28.9. The first-order valence-corrected chi connectivity index (χ1v) is 7.99. The van der Waals surface area contributed by atoms with Crippen LogP contribution in [0.25, 0.3) is 11.4 Å². The Labute approximate surface area is 147 Å². The monoisotopic (exact) mass is 351 g/mol. The molecule has 0 fully saturated rings. The molecule has 0 aliphatic carbocycles. The highest BCUT2D eigenvalue weighted by atomic mass is 19.1. The SMILES string of the molecule is O=C1C[C@@H](C(=O)Nc2ccccc2F)n2nc(-c3ccccc3)nc2N1. The molecule has 0 unspecified atom stereocenters. The molecule has 0 saturated carbocycles. The van der Waals surface area contributed by atoms with Gasteiger partial charge >= 0.3 is 0 Å². The summed E-state index contributed by atoms with van der Waals surface area (Å²) in [7, 11) is 0. The molecule has 0 spiro atoms. The molecule has 0 bridgehead atoms. The van der Waals surface area contributed by atoms with Crippen molar-refractivity contribution in [3.63, 3.8) is 0 Å². The van der Waals surface area contributed by atoms with E-state index in [1.807, 2.05) is 30.3 Å². The van der Waals surface area contributed by atoms with Gasteiger partial charge in [-0.25, -0.2) is 9.07 Å². The minimum atomic E-state index is -0.914. The van der Waals surface area contributed by atoms with Crippen molar-refractivity contribution in [2.24, 2.45) is 0 Å². The van der Waals surface area contributed by atoms with E-state index < -0.39 is 17.8 Å². The first kappa shape index (κ1) is 15.9. The number of aromatic nitrogens is 3. The average molecular weight is 351 g/mol. The first-order chi connectivity index (χ1) is 12.6. The molecule has 26 heavy (non-hydrogen) atoms. The van der Waals surface area contributed by atoms with Crippen LogP contribution >= 0.6 is 0 Å². The maximum Gasteiger partial charge on any atom is 0.250 e. The van der Waals surface area contributed by atoms with Crippen LogP contribution in [0.3, 0.4) is 0 Å². The molecule has 7 nitrogen and oxygen atoms in total. The molecular formula is C18H14FN5O2. The van der Waals surface area contributed by atoms with Crippen molar-refractivity contribution in [3.8, 4) is 11.4 Å². The van der Waals surface area contributed by atoms with Crippen molar-refractivity contribution < 1.29 is 14.0 Å². The van der Waals surface area contributed by atoms with Crippen molar-refractivity contribution in [1.29, 1.82) is 0 Å². The third-order valence-corrected chi connectivity index (χ3v) is 4.02. The van der Waals surface area contributed by atoms with Gasteiger partial charge in [-0.3, -0.25) is 14.9 Å². The van der Waals surface area contributed by atoms with Crippen LogP contribution in [0.5, 0.6) is 0 Å².